The molecule has 0 radical (unpaired) electrons. The van der Waals surface area contributed by atoms with Crippen LogP contribution in [0.1, 0.15) is 32.3 Å². The van der Waals surface area contributed by atoms with Gasteiger partial charge in [0.15, 0.2) is 0 Å². The van der Waals surface area contributed by atoms with E-state index in [9.17, 15) is 0 Å². The maximum absolute atomic E-state index is 5.67. The topological polar surface area (TPSA) is 30.5 Å². The Kier molecular flexibility index (Phi) is 9.11. The molecule has 0 fully saturated rings. The first kappa shape index (κ1) is 16.0. The Balaban J connectivity index is 2.02. The first-order valence-electron chi connectivity index (χ1n) is 7.37. The summed E-state index contributed by atoms with van der Waals surface area (Å²) in [5.41, 5.74) is 1.38. The summed E-state index contributed by atoms with van der Waals surface area (Å²) in [5, 5.41) is 3.34. The zero-order valence-corrected chi connectivity index (χ0v) is 12.3. The largest absolute Gasteiger partial charge is 0.492 e. The fourth-order valence-electron chi connectivity index (χ4n) is 1.85. The van der Waals surface area contributed by atoms with Gasteiger partial charge < -0.3 is 14.8 Å². The number of aryl methyl sites for hydroxylation is 1. The van der Waals surface area contributed by atoms with E-state index in [1.54, 1.807) is 0 Å². The van der Waals surface area contributed by atoms with Crippen LogP contribution < -0.4 is 10.1 Å². The van der Waals surface area contributed by atoms with Crippen LogP contribution in [0.15, 0.2) is 24.3 Å². The highest BCUT2D eigenvalue weighted by Crippen LogP contribution is 2.12. The van der Waals surface area contributed by atoms with E-state index in [4.69, 9.17) is 9.47 Å². The molecule has 0 aromatic heterocycles. The molecule has 0 aliphatic heterocycles. The summed E-state index contributed by atoms with van der Waals surface area (Å²) in [6, 6.07) is 8.41. The van der Waals surface area contributed by atoms with Gasteiger partial charge in [0.1, 0.15) is 12.4 Å². The Morgan fingerprint density at radius 1 is 1.00 bits per heavy atom. The fourth-order valence-corrected chi connectivity index (χ4v) is 1.85. The second-order valence-corrected chi connectivity index (χ2v) is 4.54. The highest BCUT2D eigenvalue weighted by molar-refractivity contribution is 5.27. The lowest BCUT2D eigenvalue weighted by molar-refractivity contribution is 0.144. The third-order valence-electron chi connectivity index (χ3n) is 2.86. The van der Waals surface area contributed by atoms with Crippen LogP contribution in [0.3, 0.4) is 0 Å². The van der Waals surface area contributed by atoms with Gasteiger partial charge in [0, 0.05) is 19.8 Å². The van der Waals surface area contributed by atoms with Crippen LogP contribution in [0.25, 0.3) is 0 Å². The van der Waals surface area contributed by atoms with Crippen molar-refractivity contribution in [2.24, 2.45) is 0 Å². The zero-order chi connectivity index (χ0) is 13.8. The summed E-state index contributed by atoms with van der Waals surface area (Å²) in [4.78, 5) is 0. The van der Waals surface area contributed by atoms with E-state index in [0.29, 0.717) is 6.61 Å². The van der Waals surface area contributed by atoms with Crippen LogP contribution in [0.5, 0.6) is 5.75 Å². The molecule has 1 N–H and O–H groups in total. The number of hydrogen-bond acceptors (Lipinski definition) is 3. The average molecular weight is 265 g/mol. The van der Waals surface area contributed by atoms with Crippen molar-refractivity contribution in [3.63, 3.8) is 0 Å². The van der Waals surface area contributed by atoms with E-state index >= 15 is 0 Å². The maximum Gasteiger partial charge on any atom is 0.119 e. The molecule has 19 heavy (non-hydrogen) atoms. The number of ether oxygens (including phenoxy) is 2. The summed E-state index contributed by atoms with van der Waals surface area (Å²) in [5.74, 6) is 0.955. The van der Waals surface area contributed by atoms with Crippen LogP contribution >= 0.6 is 0 Å². The molecule has 0 unspecified atom stereocenters. The lowest BCUT2D eigenvalue weighted by atomic mass is 10.1. The van der Waals surface area contributed by atoms with Crippen molar-refractivity contribution in [1.29, 1.82) is 0 Å². The smallest absolute Gasteiger partial charge is 0.119 e. The third kappa shape index (κ3) is 7.85. The minimum Gasteiger partial charge on any atom is -0.492 e. The van der Waals surface area contributed by atoms with Crippen LogP contribution in [-0.2, 0) is 11.2 Å². The van der Waals surface area contributed by atoms with Crippen molar-refractivity contribution in [3.8, 4) is 5.75 Å². The first-order valence-corrected chi connectivity index (χ1v) is 7.37. The Bertz CT molecular complexity index is 311. The number of nitrogens with one attached hydrogen (secondary N) is 1. The minimum atomic E-state index is 0.710. The molecule has 0 heterocycles. The quantitative estimate of drug-likeness (QED) is 0.624. The lowest BCUT2D eigenvalue weighted by Crippen LogP contribution is -2.23. The Hall–Kier alpha value is -1.06. The van der Waals surface area contributed by atoms with E-state index < -0.39 is 0 Å². The molecule has 0 atom stereocenters. The van der Waals surface area contributed by atoms with Gasteiger partial charge in [-0.25, -0.2) is 0 Å². The normalized spacial score (nSPS) is 10.6. The fraction of sp³-hybridized carbons (Fsp3) is 0.625. The van der Waals surface area contributed by atoms with Gasteiger partial charge in [0.25, 0.3) is 0 Å². The Labute approximate surface area is 117 Å². The predicted molar refractivity (Wildman–Crippen MR) is 79.9 cm³/mol. The second-order valence-electron chi connectivity index (χ2n) is 4.54. The second kappa shape index (κ2) is 10.8. The first-order chi connectivity index (χ1) is 9.36. The van der Waals surface area contributed by atoms with E-state index in [2.05, 4.69) is 36.5 Å². The molecule has 1 aromatic carbocycles. The Morgan fingerprint density at radius 3 is 2.47 bits per heavy atom. The van der Waals surface area contributed by atoms with Crippen LogP contribution in [0, 0.1) is 0 Å². The summed E-state index contributed by atoms with van der Waals surface area (Å²) in [6.45, 7) is 8.43. The van der Waals surface area contributed by atoms with E-state index in [-0.39, 0.29) is 0 Å². The van der Waals surface area contributed by atoms with Gasteiger partial charge >= 0.3 is 0 Å². The Morgan fingerprint density at radius 2 is 1.79 bits per heavy atom. The molecule has 3 heteroatoms. The van der Waals surface area contributed by atoms with Crippen molar-refractivity contribution in [3.05, 3.63) is 29.8 Å². The van der Waals surface area contributed by atoms with Gasteiger partial charge in [-0.05, 0) is 44.0 Å². The van der Waals surface area contributed by atoms with E-state index in [0.717, 1.165) is 44.9 Å². The molecule has 3 nitrogen and oxygen atoms in total. The monoisotopic (exact) mass is 265 g/mol. The summed E-state index contributed by atoms with van der Waals surface area (Å²) >= 11 is 0. The molecule has 1 rings (SSSR count). The molecule has 0 aliphatic rings. The van der Waals surface area contributed by atoms with Gasteiger partial charge in [-0.15, -0.1) is 0 Å². The number of hydrogen-bond donors (Lipinski definition) is 1. The minimum absolute atomic E-state index is 0.710. The zero-order valence-electron chi connectivity index (χ0n) is 12.3. The third-order valence-corrected chi connectivity index (χ3v) is 2.86. The van der Waals surface area contributed by atoms with Crippen molar-refractivity contribution < 1.29 is 9.47 Å². The van der Waals surface area contributed by atoms with E-state index in [1.807, 2.05) is 6.92 Å². The highest BCUT2D eigenvalue weighted by Gasteiger charge is 1.95. The van der Waals surface area contributed by atoms with E-state index in [1.165, 1.54) is 12.0 Å². The molecular formula is C16H27NO2. The van der Waals surface area contributed by atoms with Gasteiger partial charge in [-0.2, -0.15) is 0 Å². The van der Waals surface area contributed by atoms with Crippen molar-refractivity contribution >= 4 is 0 Å². The molecule has 0 spiro atoms. The van der Waals surface area contributed by atoms with Crippen LogP contribution in [0.4, 0.5) is 0 Å². The predicted octanol–water partition coefficient (Wildman–Crippen LogP) is 3.03. The van der Waals surface area contributed by atoms with Crippen molar-refractivity contribution in [2.45, 2.75) is 33.1 Å². The molecule has 0 amide bonds. The SMILES string of the molecule is CCCc1ccc(OCCNCCCOCC)cc1. The number of rotatable bonds is 11. The maximum atomic E-state index is 5.67. The summed E-state index contributed by atoms with van der Waals surface area (Å²) in [7, 11) is 0. The lowest BCUT2D eigenvalue weighted by Gasteiger charge is -2.08. The molecular weight excluding hydrogens is 238 g/mol. The van der Waals surface area contributed by atoms with Crippen molar-refractivity contribution in [2.75, 3.05) is 32.9 Å². The molecule has 108 valence electrons. The molecule has 0 saturated carbocycles. The highest BCUT2D eigenvalue weighted by atomic mass is 16.5. The molecule has 0 saturated heterocycles. The summed E-state index contributed by atoms with van der Waals surface area (Å²) < 4.78 is 10.9. The molecule has 0 bridgehead atoms. The molecule has 0 aliphatic carbocycles. The van der Waals surface area contributed by atoms with Gasteiger partial charge in [0.05, 0.1) is 0 Å². The summed E-state index contributed by atoms with van der Waals surface area (Å²) in [6.07, 6.45) is 3.38. The van der Waals surface area contributed by atoms with Crippen molar-refractivity contribution in [1.82, 2.24) is 5.32 Å². The van der Waals surface area contributed by atoms with Gasteiger partial charge in [-0.3, -0.25) is 0 Å². The van der Waals surface area contributed by atoms with Crippen LogP contribution in [0.2, 0.25) is 0 Å². The molecule has 1 aromatic rings. The number of benzene rings is 1. The van der Waals surface area contributed by atoms with Gasteiger partial charge in [-0.1, -0.05) is 25.5 Å². The average Bonchev–Trinajstić information content (AvgIpc) is 2.44. The van der Waals surface area contributed by atoms with Gasteiger partial charge in [0.2, 0.25) is 0 Å². The standard InChI is InChI=1S/C16H27NO2/c1-3-6-15-7-9-16(10-8-15)19-14-12-17-11-5-13-18-4-2/h7-10,17H,3-6,11-14H2,1-2H3. The van der Waals surface area contributed by atoms with Crippen LogP contribution in [-0.4, -0.2) is 32.9 Å².